The Morgan fingerprint density at radius 2 is 2.35 bits per heavy atom. The molecule has 2 atom stereocenters. The zero-order valence-electron chi connectivity index (χ0n) is 10.8. The normalized spacial score (nSPS) is 28.8. The van der Waals surface area contributed by atoms with Crippen LogP contribution in [-0.4, -0.2) is 26.8 Å². The SMILES string of the molecule is Cc1ncn(CCC2CCCC2(O)CN)c1C. The highest BCUT2D eigenvalue weighted by Crippen LogP contribution is 2.37. The number of nitrogens with zero attached hydrogens (tertiary/aromatic N) is 2. The first-order valence-electron chi connectivity index (χ1n) is 6.47. The third-order valence-corrected chi connectivity index (χ3v) is 4.34. The second-order valence-electron chi connectivity index (χ2n) is 5.29. The summed E-state index contributed by atoms with van der Waals surface area (Å²) >= 11 is 0. The van der Waals surface area contributed by atoms with Gasteiger partial charge in [-0.1, -0.05) is 6.42 Å². The molecule has 1 fully saturated rings. The van der Waals surface area contributed by atoms with E-state index in [4.69, 9.17) is 5.73 Å². The smallest absolute Gasteiger partial charge is 0.0951 e. The molecule has 0 bridgehead atoms. The van der Waals surface area contributed by atoms with Gasteiger partial charge in [-0.25, -0.2) is 4.98 Å². The van der Waals surface area contributed by atoms with Gasteiger partial charge in [-0.3, -0.25) is 0 Å². The van der Waals surface area contributed by atoms with Gasteiger partial charge in [-0.15, -0.1) is 0 Å². The Morgan fingerprint density at radius 1 is 1.59 bits per heavy atom. The van der Waals surface area contributed by atoms with Crippen LogP contribution in [0.3, 0.4) is 0 Å². The second-order valence-corrected chi connectivity index (χ2v) is 5.29. The van der Waals surface area contributed by atoms with E-state index >= 15 is 0 Å². The van der Waals surface area contributed by atoms with Crippen LogP contribution in [0.1, 0.15) is 37.1 Å². The maximum absolute atomic E-state index is 10.4. The van der Waals surface area contributed by atoms with Crippen LogP contribution >= 0.6 is 0 Å². The molecule has 4 heteroatoms. The number of aliphatic hydroxyl groups is 1. The molecule has 4 nitrogen and oxygen atoms in total. The average molecular weight is 237 g/mol. The standard InChI is InChI=1S/C13H23N3O/c1-10-11(2)16(9-15-10)7-5-12-4-3-6-13(12,17)8-14/h9,12,17H,3-8,14H2,1-2H3. The first kappa shape index (κ1) is 12.6. The van der Waals surface area contributed by atoms with E-state index in [-0.39, 0.29) is 0 Å². The van der Waals surface area contributed by atoms with Crippen molar-refractivity contribution in [2.45, 2.75) is 51.7 Å². The molecule has 3 N–H and O–H groups in total. The molecule has 0 amide bonds. The molecule has 1 aliphatic carbocycles. The Kier molecular flexibility index (Phi) is 3.54. The van der Waals surface area contributed by atoms with Crippen LogP contribution in [0.2, 0.25) is 0 Å². The van der Waals surface area contributed by atoms with Gasteiger partial charge < -0.3 is 15.4 Å². The summed E-state index contributed by atoms with van der Waals surface area (Å²) in [6.45, 7) is 5.43. The minimum absolute atomic E-state index is 0.342. The average Bonchev–Trinajstić information content (AvgIpc) is 2.84. The topological polar surface area (TPSA) is 64.1 Å². The molecular weight excluding hydrogens is 214 g/mol. The lowest BCUT2D eigenvalue weighted by molar-refractivity contribution is 0.00655. The maximum atomic E-state index is 10.4. The lowest BCUT2D eigenvalue weighted by Gasteiger charge is -2.28. The van der Waals surface area contributed by atoms with E-state index in [2.05, 4.69) is 16.5 Å². The molecular formula is C13H23N3O. The number of aromatic nitrogens is 2. The van der Waals surface area contributed by atoms with E-state index in [9.17, 15) is 5.11 Å². The van der Waals surface area contributed by atoms with E-state index in [1.165, 1.54) is 5.69 Å². The molecule has 1 aromatic heterocycles. The Hall–Kier alpha value is -0.870. The van der Waals surface area contributed by atoms with Crippen molar-refractivity contribution >= 4 is 0 Å². The highest BCUT2D eigenvalue weighted by molar-refractivity contribution is 5.08. The Balaban J connectivity index is 1.96. The Bertz CT molecular complexity index is 388. The molecule has 0 saturated heterocycles. The van der Waals surface area contributed by atoms with Gasteiger partial charge in [0.05, 0.1) is 17.6 Å². The van der Waals surface area contributed by atoms with Gasteiger partial charge in [0.1, 0.15) is 0 Å². The third kappa shape index (κ3) is 2.38. The first-order valence-corrected chi connectivity index (χ1v) is 6.47. The maximum Gasteiger partial charge on any atom is 0.0951 e. The lowest BCUT2D eigenvalue weighted by atomic mass is 9.88. The molecule has 1 aromatic rings. The molecule has 96 valence electrons. The fourth-order valence-electron chi connectivity index (χ4n) is 2.87. The lowest BCUT2D eigenvalue weighted by Crippen LogP contribution is -2.41. The quantitative estimate of drug-likeness (QED) is 0.831. The van der Waals surface area contributed by atoms with E-state index in [0.29, 0.717) is 12.5 Å². The zero-order valence-corrected chi connectivity index (χ0v) is 10.8. The van der Waals surface area contributed by atoms with Crippen LogP contribution in [0.4, 0.5) is 0 Å². The van der Waals surface area contributed by atoms with Crippen molar-refractivity contribution in [2.75, 3.05) is 6.54 Å². The fraction of sp³-hybridized carbons (Fsp3) is 0.769. The van der Waals surface area contributed by atoms with E-state index in [0.717, 1.165) is 37.9 Å². The molecule has 17 heavy (non-hydrogen) atoms. The minimum atomic E-state index is -0.621. The van der Waals surface area contributed by atoms with Gasteiger partial charge in [0.15, 0.2) is 0 Å². The van der Waals surface area contributed by atoms with Gasteiger partial charge in [0, 0.05) is 18.8 Å². The molecule has 0 radical (unpaired) electrons. The Morgan fingerprint density at radius 3 is 2.94 bits per heavy atom. The van der Waals surface area contributed by atoms with Crippen LogP contribution < -0.4 is 5.73 Å². The number of nitrogens with two attached hydrogens (primary N) is 1. The fourth-order valence-corrected chi connectivity index (χ4v) is 2.87. The van der Waals surface area contributed by atoms with Crippen molar-refractivity contribution in [2.24, 2.45) is 11.7 Å². The number of aryl methyl sites for hydroxylation is 2. The van der Waals surface area contributed by atoms with Gasteiger partial charge in [-0.2, -0.15) is 0 Å². The monoisotopic (exact) mass is 237 g/mol. The Labute approximate surface area is 103 Å². The van der Waals surface area contributed by atoms with Crippen LogP contribution in [0, 0.1) is 19.8 Å². The number of rotatable bonds is 4. The van der Waals surface area contributed by atoms with Crippen LogP contribution in [0.5, 0.6) is 0 Å². The van der Waals surface area contributed by atoms with Crippen LogP contribution in [-0.2, 0) is 6.54 Å². The predicted octanol–water partition coefficient (Wildman–Crippen LogP) is 1.38. The summed E-state index contributed by atoms with van der Waals surface area (Å²) in [4.78, 5) is 4.29. The first-order chi connectivity index (χ1) is 8.07. The van der Waals surface area contributed by atoms with Crippen molar-refractivity contribution in [3.05, 3.63) is 17.7 Å². The highest BCUT2D eigenvalue weighted by atomic mass is 16.3. The third-order valence-electron chi connectivity index (χ3n) is 4.34. The summed E-state index contributed by atoms with van der Waals surface area (Å²) in [7, 11) is 0. The van der Waals surface area contributed by atoms with Crippen molar-refractivity contribution in [1.29, 1.82) is 0 Å². The van der Waals surface area contributed by atoms with Gasteiger partial charge in [-0.05, 0) is 39.0 Å². The molecule has 1 saturated carbocycles. The molecule has 0 aromatic carbocycles. The molecule has 0 spiro atoms. The largest absolute Gasteiger partial charge is 0.388 e. The summed E-state index contributed by atoms with van der Waals surface area (Å²) in [5, 5.41) is 10.4. The predicted molar refractivity (Wildman–Crippen MR) is 67.7 cm³/mol. The number of hydrogen-bond acceptors (Lipinski definition) is 3. The summed E-state index contributed by atoms with van der Waals surface area (Å²) in [5.74, 6) is 0.342. The van der Waals surface area contributed by atoms with E-state index in [1.54, 1.807) is 0 Å². The van der Waals surface area contributed by atoms with Crippen LogP contribution in [0.25, 0.3) is 0 Å². The van der Waals surface area contributed by atoms with E-state index < -0.39 is 5.60 Å². The van der Waals surface area contributed by atoms with Crippen molar-refractivity contribution in [1.82, 2.24) is 9.55 Å². The van der Waals surface area contributed by atoms with Crippen LogP contribution in [0.15, 0.2) is 6.33 Å². The summed E-state index contributed by atoms with van der Waals surface area (Å²) in [5.41, 5.74) is 7.38. The molecule has 0 aliphatic heterocycles. The van der Waals surface area contributed by atoms with E-state index in [1.807, 2.05) is 13.3 Å². The van der Waals surface area contributed by atoms with Gasteiger partial charge in [0.2, 0.25) is 0 Å². The minimum Gasteiger partial charge on any atom is -0.388 e. The molecule has 2 rings (SSSR count). The number of imidazole rings is 1. The van der Waals surface area contributed by atoms with Gasteiger partial charge >= 0.3 is 0 Å². The molecule has 1 heterocycles. The highest BCUT2D eigenvalue weighted by Gasteiger charge is 2.39. The molecule has 1 aliphatic rings. The van der Waals surface area contributed by atoms with Gasteiger partial charge in [0.25, 0.3) is 0 Å². The van der Waals surface area contributed by atoms with Crippen molar-refractivity contribution < 1.29 is 5.11 Å². The van der Waals surface area contributed by atoms with Crippen molar-refractivity contribution in [3.63, 3.8) is 0 Å². The second kappa shape index (κ2) is 4.78. The number of hydrogen-bond donors (Lipinski definition) is 2. The molecule has 2 unspecified atom stereocenters. The zero-order chi connectivity index (χ0) is 12.5. The summed E-state index contributed by atoms with van der Waals surface area (Å²) < 4.78 is 2.17. The summed E-state index contributed by atoms with van der Waals surface area (Å²) in [6, 6.07) is 0. The van der Waals surface area contributed by atoms with Crippen molar-refractivity contribution in [3.8, 4) is 0 Å². The summed E-state index contributed by atoms with van der Waals surface area (Å²) in [6.07, 6.45) is 5.93.